The zero-order chi connectivity index (χ0) is 10.7. The molecule has 1 unspecified atom stereocenters. The summed E-state index contributed by atoms with van der Waals surface area (Å²) < 4.78 is 0. The van der Waals surface area contributed by atoms with Crippen LogP contribution in [0.5, 0.6) is 0 Å². The number of hydrogen-bond acceptors (Lipinski definition) is 1. The molecule has 0 aliphatic heterocycles. The number of carbonyl (C=O) groups is 1. The summed E-state index contributed by atoms with van der Waals surface area (Å²) in [4.78, 5) is 11.5. The molecule has 0 N–H and O–H groups in total. The predicted octanol–water partition coefficient (Wildman–Crippen LogP) is 3.49. The van der Waals surface area contributed by atoms with E-state index in [4.69, 9.17) is 11.6 Å². The second kappa shape index (κ2) is 4.94. The number of Topliss-reactive ketones (excluding diaryl/α,β-unsaturated/α-hetero) is 1. The Kier molecular flexibility index (Phi) is 4.14. The molecule has 0 aliphatic carbocycles. The standard InChI is InChI=1S/C11H12BrClO/c1-7-3-4-8(2)9(5-7)11(14)10(12)6-13/h3-5,10H,6H2,1-2H3. The molecule has 76 valence electrons. The Morgan fingerprint density at radius 1 is 1.50 bits per heavy atom. The number of hydrogen-bond donors (Lipinski definition) is 0. The molecule has 0 spiro atoms. The number of carbonyl (C=O) groups excluding carboxylic acids is 1. The molecule has 1 atom stereocenters. The van der Waals surface area contributed by atoms with Crippen molar-refractivity contribution in [3.05, 3.63) is 34.9 Å². The summed E-state index contributed by atoms with van der Waals surface area (Å²) in [5.41, 5.74) is 2.84. The van der Waals surface area contributed by atoms with Gasteiger partial charge in [-0.05, 0) is 25.5 Å². The maximum atomic E-state index is 11.8. The van der Waals surface area contributed by atoms with Gasteiger partial charge in [0.05, 0.1) is 4.83 Å². The first-order valence-electron chi connectivity index (χ1n) is 4.37. The number of benzene rings is 1. The van der Waals surface area contributed by atoms with E-state index in [1.807, 2.05) is 32.0 Å². The van der Waals surface area contributed by atoms with Crippen LogP contribution in [0, 0.1) is 13.8 Å². The van der Waals surface area contributed by atoms with Gasteiger partial charge in [0.25, 0.3) is 0 Å². The Bertz CT molecular complexity index is 349. The first kappa shape index (κ1) is 11.7. The van der Waals surface area contributed by atoms with Crippen LogP contribution in [-0.4, -0.2) is 16.5 Å². The zero-order valence-corrected chi connectivity index (χ0v) is 10.5. The Morgan fingerprint density at radius 3 is 2.71 bits per heavy atom. The Morgan fingerprint density at radius 2 is 2.14 bits per heavy atom. The van der Waals surface area contributed by atoms with Crippen molar-refractivity contribution in [3.8, 4) is 0 Å². The molecule has 1 aromatic rings. The molecule has 0 fully saturated rings. The Balaban J connectivity index is 3.06. The molecule has 1 aromatic carbocycles. The first-order chi connectivity index (χ1) is 6.56. The molecule has 0 heterocycles. The lowest BCUT2D eigenvalue weighted by Gasteiger charge is -2.08. The molecule has 0 radical (unpaired) electrons. The Hall–Kier alpha value is -0.340. The second-order valence-electron chi connectivity index (χ2n) is 3.30. The lowest BCUT2D eigenvalue weighted by atomic mass is 10.0. The average Bonchev–Trinajstić information content (AvgIpc) is 2.19. The highest BCUT2D eigenvalue weighted by Gasteiger charge is 2.17. The molecule has 3 heteroatoms. The van der Waals surface area contributed by atoms with E-state index < -0.39 is 0 Å². The van der Waals surface area contributed by atoms with Gasteiger partial charge in [0, 0.05) is 11.4 Å². The van der Waals surface area contributed by atoms with Gasteiger partial charge in [-0.2, -0.15) is 0 Å². The quantitative estimate of drug-likeness (QED) is 0.610. The number of ketones is 1. The molecule has 0 aliphatic rings. The number of aryl methyl sites for hydroxylation is 2. The molecule has 0 amide bonds. The van der Waals surface area contributed by atoms with Crippen molar-refractivity contribution in [3.63, 3.8) is 0 Å². The third kappa shape index (κ3) is 2.58. The molecule has 0 saturated carbocycles. The predicted molar refractivity (Wildman–Crippen MR) is 63.7 cm³/mol. The SMILES string of the molecule is Cc1ccc(C)c(C(=O)C(Br)CCl)c1. The van der Waals surface area contributed by atoms with Gasteiger partial charge in [-0.15, -0.1) is 11.6 Å². The topological polar surface area (TPSA) is 17.1 Å². The van der Waals surface area contributed by atoms with E-state index in [9.17, 15) is 4.79 Å². The van der Waals surface area contributed by atoms with Gasteiger partial charge in [0.1, 0.15) is 0 Å². The third-order valence-electron chi connectivity index (χ3n) is 2.08. The summed E-state index contributed by atoms with van der Waals surface area (Å²) in [5, 5.41) is 0. The van der Waals surface area contributed by atoms with E-state index in [1.165, 1.54) is 0 Å². The number of halogens is 2. The van der Waals surface area contributed by atoms with Crippen LogP contribution in [0.25, 0.3) is 0 Å². The minimum atomic E-state index is -0.287. The highest BCUT2D eigenvalue weighted by atomic mass is 79.9. The second-order valence-corrected chi connectivity index (χ2v) is 4.72. The normalized spacial score (nSPS) is 12.6. The molecule has 14 heavy (non-hydrogen) atoms. The van der Waals surface area contributed by atoms with Crippen LogP contribution in [0.2, 0.25) is 0 Å². The van der Waals surface area contributed by atoms with E-state index in [2.05, 4.69) is 15.9 Å². The lowest BCUT2D eigenvalue weighted by Crippen LogP contribution is -2.16. The average molecular weight is 276 g/mol. The van der Waals surface area contributed by atoms with Crippen molar-refractivity contribution in [1.82, 2.24) is 0 Å². The molecule has 0 bridgehead atoms. The summed E-state index contributed by atoms with van der Waals surface area (Å²) in [6.07, 6.45) is 0. The maximum Gasteiger partial charge on any atom is 0.177 e. The van der Waals surface area contributed by atoms with Crippen LogP contribution in [0.4, 0.5) is 0 Å². The fourth-order valence-electron chi connectivity index (χ4n) is 1.24. The van der Waals surface area contributed by atoms with Gasteiger partial charge in [0.15, 0.2) is 5.78 Å². The fraction of sp³-hybridized carbons (Fsp3) is 0.364. The Labute approximate surface area is 97.6 Å². The van der Waals surface area contributed by atoms with Crippen molar-refractivity contribution in [2.45, 2.75) is 18.7 Å². The van der Waals surface area contributed by atoms with Gasteiger partial charge < -0.3 is 0 Å². The van der Waals surface area contributed by atoms with Gasteiger partial charge in [0.2, 0.25) is 0 Å². The van der Waals surface area contributed by atoms with E-state index >= 15 is 0 Å². The van der Waals surface area contributed by atoms with Crippen LogP contribution in [0.15, 0.2) is 18.2 Å². The number of rotatable bonds is 3. The molecular weight excluding hydrogens is 263 g/mol. The summed E-state index contributed by atoms with van der Waals surface area (Å²) in [7, 11) is 0. The van der Waals surface area contributed by atoms with Crippen LogP contribution < -0.4 is 0 Å². The minimum absolute atomic E-state index is 0.0567. The summed E-state index contributed by atoms with van der Waals surface area (Å²) in [6.45, 7) is 3.90. The van der Waals surface area contributed by atoms with E-state index in [-0.39, 0.29) is 10.6 Å². The van der Waals surface area contributed by atoms with Crippen LogP contribution in [-0.2, 0) is 0 Å². The van der Waals surface area contributed by atoms with Gasteiger partial charge in [-0.1, -0.05) is 33.6 Å². The highest BCUT2D eigenvalue weighted by molar-refractivity contribution is 9.10. The first-order valence-corrected chi connectivity index (χ1v) is 5.82. The van der Waals surface area contributed by atoms with Gasteiger partial charge in [-0.3, -0.25) is 4.79 Å². The third-order valence-corrected chi connectivity index (χ3v) is 3.50. The summed E-state index contributed by atoms with van der Waals surface area (Å²) in [6, 6.07) is 5.85. The van der Waals surface area contributed by atoms with Gasteiger partial charge in [-0.25, -0.2) is 0 Å². The van der Waals surface area contributed by atoms with Crippen molar-refractivity contribution < 1.29 is 4.79 Å². The fourth-order valence-corrected chi connectivity index (χ4v) is 1.63. The maximum absolute atomic E-state index is 11.8. The molecular formula is C11H12BrClO. The summed E-state index contributed by atoms with van der Waals surface area (Å²) in [5.74, 6) is 0.354. The van der Waals surface area contributed by atoms with E-state index in [0.29, 0.717) is 5.88 Å². The van der Waals surface area contributed by atoms with E-state index in [0.717, 1.165) is 16.7 Å². The van der Waals surface area contributed by atoms with E-state index in [1.54, 1.807) is 0 Å². The van der Waals surface area contributed by atoms with Crippen LogP contribution in [0.1, 0.15) is 21.5 Å². The van der Waals surface area contributed by atoms with Crippen LogP contribution in [0.3, 0.4) is 0 Å². The number of alkyl halides is 2. The molecule has 0 saturated heterocycles. The molecule has 0 aromatic heterocycles. The largest absolute Gasteiger partial charge is 0.293 e. The van der Waals surface area contributed by atoms with Crippen molar-refractivity contribution >= 4 is 33.3 Å². The van der Waals surface area contributed by atoms with Crippen molar-refractivity contribution in [1.29, 1.82) is 0 Å². The monoisotopic (exact) mass is 274 g/mol. The lowest BCUT2D eigenvalue weighted by molar-refractivity contribution is 0.0996. The minimum Gasteiger partial charge on any atom is -0.293 e. The van der Waals surface area contributed by atoms with Gasteiger partial charge >= 0.3 is 0 Å². The van der Waals surface area contributed by atoms with Crippen molar-refractivity contribution in [2.24, 2.45) is 0 Å². The van der Waals surface area contributed by atoms with Crippen molar-refractivity contribution in [2.75, 3.05) is 5.88 Å². The highest BCUT2D eigenvalue weighted by Crippen LogP contribution is 2.17. The zero-order valence-electron chi connectivity index (χ0n) is 8.18. The molecule has 1 rings (SSSR count). The van der Waals surface area contributed by atoms with Crippen LogP contribution >= 0.6 is 27.5 Å². The molecule has 1 nitrogen and oxygen atoms in total. The smallest absolute Gasteiger partial charge is 0.177 e. The summed E-state index contributed by atoms with van der Waals surface area (Å²) >= 11 is 8.88.